The van der Waals surface area contributed by atoms with E-state index >= 15 is 0 Å². The van der Waals surface area contributed by atoms with Crippen LogP contribution < -0.4 is 10.6 Å². The first-order valence-electron chi connectivity index (χ1n) is 10.7. The van der Waals surface area contributed by atoms with Crippen molar-refractivity contribution < 1.29 is 9.47 Å². The summed E-state index contributed by atoms with van der Waals surface area (Å²) in [6, 6.07) is 8.61. The number of nitrogens with zero attached hydrogens (tertiary/aromatic N) is 2. The molecule has 2 N–H and O–H groups in total. The van der Waals surface area contributed by atoms with Gasteiger partial charge in [0.1, 0.15) is 0 Å². The molecule has 2 rings (SSSR count). The molecule has 0 atom stereocenters. The minimum atomic E-state index is 0.587. The zero-order valence-corrected chi connectivity index (χ0v) is 17.9. The Balaban J connectivity index is 1.84. The molecule has 1 fully saturated rings. The Morgan fingerprint density at radius 3 is 2.64 bits per heavy atom. The Morgan fingerprint density at radius 2 is 1.93 bits per heavy atom. The van der Waals surface area contributed by atoms with Gasteiger partial charge in [-0.2, -0.15) is 0 Å². The molecule has 0 spiro atoms. The molecule has 1 aromatic rings. The molecule has 0 radical (unpaired) electrons. The van der Waals surface area contributed by atoms with E-state index in [1.165, 1.54) is 11.1 Å². The fourth-order valence-electron chi connectivity index (χ4n) is 3.07. The molecule has 158 valence electrons. The Hall–Kier alpha value is -1.63. The van der Waals surface area contributed by atoms with Crippen LogP contribution >= 0.6 is 0 Å². The maximum Gasteiger partial charge on any atom is 0.191 e. The van der Waals surface area contributed by atoms with Gasteiger partial charge in [0.05, 0.1) is 19.8 Å². The van der Waals surface area contributed by atoms with Gasteiger partial charge in [0, 0.05) is 45.9 Å². The second-order valence-electron chi connectivity index (χ2n) is 7.60. The van der Waals surface area contributed by atoms with E-state index in [1.807, 2.05) is 0 Å². The maximum absolute atomic E-state index is 5.64. The number of rotatable bonds is 11. The van der Waals surface area contributed by atoms with Gasteiger partial charge in [-0.05, 0) is 30.4 Å². The van der Waals surface area contributed by atoms with Gasteiger partial charge in [-0.3, -0.25) is 4.90 Å². The van der Waals surface area contributed by atoms with Crippen molar-refractivity contribution in [3.63, 3.8) is 0 Å². The average Bonchev–Trinajstić information content (AvgIpc) is 2.70. The molecular formula is C22H38N4O2. The van der Waals surface area contributed by atoms with E-state index in [1.54, 1.807) is 0 Å². The van der Waals surface area contributed by atoms with Crippen molar-refractivity contribution in [3.8, 4) is 0 Å². The number of aliphatic imine (C=N–C) groups is 1. The molecule has 6 nitrogen and oxygen atoms in total. The van der Waals surface area contributed by atoms with Crippen LogP contribution in [0.1, 0.15) is 38.3 Å². The molecule has 0 unspecified atom stereocenters. The van der Waals surface area contributed by atoms with Gasteiger partial charge in [-0.15, -0.1) is 0 Å². The van der Waals surface area contributed by atoms with Crippen LogP contribution in [0.2, 0.25) is 0 Å². The number of morpholine rings is 1. The van der Waals surface area contributed by atoms with Gasteiger partial charge in [-0.1, -0.05) is 38.1 Å². The number of ether oxygens (including phenoxy) is 2. The van der Waals surface area contributed by atoms with Gasteiger partial charge < -0.3 is 20.1 Å². The lowest BCUT2D eigenvalue weighted by atomic mass is 10.1. The van der Waals surface area contributed by atoms with Crippen molar-refractivity contribution in [2.24, 2.45) is 10.9 Å². The highest BCUT2D eigenvalue weighted by molar-refractivity contribution is 5.79. The van der Waals surface area contributed by atoms with Gasteiger partial charge in [-0.25, -0.2) is 4.99 Å². The average molecular weight is 391 g/mol. The van der Waals surface area contributed by atoms with Crippen LogP contribution in [0.15, 0.2) is 29.3 Å². The number of nitrogens with one attached hydrogen (secondary N) is 2. The van der Waals surface area contributed by atoms with Crippen LogP contribution in [0.4, 0.5) is 0 Å². The molecule has 0 aromatic heterocycles. The summed E-state index contributed by atoms with van der Waals surface area (Å²) in [5, 5.41) is 6.75. The standard InChI is InChI=1S/C22H38N4O2/c1-4-23-22(24-10-7-13-28-18-19(2)3)25-16-20-8-5-6-9-21(20)17-26-11-14-27-15-12-26/h5-6,8-9,19H,4,7,10-18H2,1-3H3,(H2,23,24,25). The molecule has 0 aliphatic carbocycles. The Bertz CT molecular complexity index is 571. The molecular weight excluding hydrogens is 352 g/mol. The maximum atomic E-state index is 5.64. The molecule has 28 heavy (non-hydrogen) atoms. The first kappa shape index (κ1) is 22.7. The highest BCUT2D eigenvalue weighted by Gasteiger charge is 2.12. The smallest absolute Gasteiger partial charge is 0.191 e. The molecule has 1 heterocycles. The van der Waals surface area contributed by atoms with Crippen LogP contribution in [-0.4, -0.2) is 63.5 Å². The second-order valence-corrected chi connectivity index (χ2v) is 7.60. The SMILES string of the molecule is CCNC(=NCc1ccccc1CN1CCOCC1)NCCCOCC(C)C. The summed E-state index contributed by atoms with van der Waals surface area (Å²) in [5.74, 6) is 1.46. The van der Waals surface area contributed by atoms with E-state index in [2.05, 4.69) is 60.6 Å². The lowest BCUT2D eigenvalue weighted by Crippen LogP contribution is -2.38. The highest BCUT2D eigenvalue weighted by atomic mass is 16.5. The zero-order valence-electron chi connectivity index (χ0n) is 17.9. The monoisotopic (exact) mass is 390 g/mol. The quantitative estimate of drug-likeness (QED) is 0.346. The predicted octanol–water partition coefficient (Wildman–Crippen LogP) is 2.64. The van der Waals surface area contributed by atoms with Gasteiger partial charge in [0.2, 0.25) is 0 Å². The third-order valence-electron chi connectivity index (χ3n) is 4.58. The Labute approximate surface area is 170 Å². The number of benzene rings is 1. The molecule has 0 bridgehead atoms. The Kier molecular flexibility index (Phi) is 10.9. The summed E-state index contributed by atoms with van der Waals surface area (Å²) in [4.78, 5) is 7.24. The summed E-state index contributed by atoms with van der Waals surface area (Å²) in [7, 11) is 0. The summed E-state index contributed by atoms with van der Waals surface area (Å²) in [6.45, 7) is 15.1. The van der Waals surface area contributed by atoms with Gasteiger partial charge in [0.15, 0.2) is 5.96 Å². The number of guanidine groups is 1. The van der Waals surface area contributed by atoms with Crippen molar-refractivity contribution >= 4 is 5.96 Å². The van der Waals surface area contributed by atoms with Crippen molar-refractivity contribution in [3.05, 3.63) is 35.4 Å². The third kappa shape index (κ3) is 9.04. The van der Waals surface area contributed by atoms with E-state index in [-0.39, 0.29) is 0 Å². The zero-order chi connectivity index (χ0) is 20.0. The van der Waals surface area contributed by atoms with Crippen molar-refractivity contribution in [2.45, 2.75) is 40.3 Å². The van der Waals surface area contributed by atoms with Crippen LogP contribution in [-0.2, 0) is 22.6 Å². The van der Waals surface area contributed by atoms with Crippen LogP contribution in [0.25, 0.3) is 0 Å². The fourth-order valence-corrected chi connectivity index (χ4v) is 3.07. The second kappa shape index (κ2) is 13.5. The fraction of sp³-hybridized carbons (Fsp3) is 0.682. The van der Waals surface area contributed by atoms with E-state index < -0.39 is 0 Å². The van der Waals surface area contributed by atoms with Crippen molar-refractivity contribution in [1.29, 1.82) is 0 Å². The van der Waals surface area contributed by atoms with Crippen LogP contribution in [0.3, 0.4) is 0 Å². The lowest BCUT2D eigenvalue weighted by molar-refractivity contribution is 0.0341. The summed E-state index contributed by atoms with van der Waals surface area (Å²) < 4.78 is 11.1. The molecule has 6 heteroatoms. The molecule has 1 aliphatic heterocycles. The summed E-state index contributed by atoms with van der Waals surface area (Å²) in [5.41, 5.74) is 2.64. The molecule has 1 aliphatic rings. The summed E-state index contributed by atoms with van der Waals surface area (Å²) >= 11 is 0. The molecule has 1 saturated heterocycles. The van der Waals surface area contributed by atoms with E-state index in [0.29, 0.717) is 12.5 Å². The highest BCUT2D eigenvalue weighted by Crippen LogP contribution is 2.14. The van der Waals surface area contributed by atoms with E-state index in [4.69, 9.17) is 14.5 Å². The van der Waals surface area contributed by atoms with Gasteiger partial charge >= 0.3 is 0 Å². The van der Waals surface area contributed by atoms with Gasteiger partial charge in [0.25, 0.3) is 0 Å². The molecule has 1 aromatic carbocycles. The minimum Gasteiger partial charge on any atom is -0.381 e. The number of hydrogen-bond donors (Lipinski definition) is 2. The topological polar surface area (TPSA) is 58.1 Å². The number of hydrogen-bond acceptors (Lipinski definition) is 4. The van der Waals surface area contributed by atoms with E-state index in [9.17, 15) is 0 Å². The van der Waals surface area contributed by atoms with Crippen LogP contribution in [0, 0.1) is 5.92 Å². The largest absolute Gasteiger partial charge is 0.381 e. The summed E-state index contributed by atoms with van der Waals surface area (Å²) in [6.07, 6.45) is 0.977. The van der Waals surface area contributed by atoms with Crippen molar-refractivity contribution in [2.75, 3.05) is 52.6 Å². The molecule has 0 amide bonds. The van der Waals surface area contributed by atoms with Crippen molar-refractivity contribution in [1.82, 2.24) is 15.5 Å². The minimum absolute atomic E-state index is 0.587. The first-order valence-corrected chi connectivity index (χ1v) is 10.7. The Morgan fingerprint density at radius 1 is 1.18 bits per heavy atom. The molecule has 0 saturated carbocycles. The predicted molar refractivity (Wildman–Crippen MR) is 116 cm³/mol. The normalized spacial score (nSPS) is 15.8. The van der Waals surface area contributed by atoms with Crippen LogP contribution in [0.5, 0.6) is 0 Å². The lowest BCUT2D eigenvalue weighted by Gasteiger charge is -2.27. The first-order chi connectivity index (χ1) is 13.7. The van der Waals surface area contributed by atoms with E-state index in [0.717, 1.165) is 71.5 Å². The third-order valence-corrected chi connectivity index (χ3v) is 4.58.